The zero-order valence-electron chi connectivity index (χ0n) is 19.6. The van der Waals surface area contributed by atoms with Gasteiger partial charge in [0.25, 0.3) is 10.0 Å². The van der Waals surface area contributed by atoms with Crippen molar-refractivity contribution < 1.29 is 18.3 Å². The normalized spacial score (nSPS) is 14.2. The fourth-order valence-corrected chi connectivity index (χ4v) is 5.28. The van der Waals surface area contributed by atoms with E-state index in [2.05, 4.69) is 46.6 Å². The van der Waals surface area contributed by atoms with Crippen LogP contribution < -0.4 is 14.5 Å². The summed E-state index contributed by atoms with van der Waals surface area (Å²) in [5.74, 6) is -1.18. The first kappa shape index (κ1) is 23.6. The first-order chi connectivity index (χ1) is 16.2. The van der Waals surface area contributed by atoms with Gasteiger partial charge in [-0.2, -0.15) is 0 Å². The number of nitrogens with one attached hydrogen (secondary N) is 1. The third-order valence-corrected chi connectivity index (χ3v) is 7.75. The number of anilines is 3. The molecule has 1 fully saturated rings. The Hall–Kier alpha value is -3.52. The number of piperazine rings is 1. The molecular formula is C26H29N3O4S. The average Bonchev–Trinajstić information content (AvgIpc) is 2.81. The molecule has 0 radical (unpaired) electrons. The molecule has 34 heavy (non-hydrogen) atoms. The van der Waals surface area contributed by atoms with Gasteiger partial charge in [-0.25, -0.2) is 13.2 Å². The summed E-state index contributed by atoms with van der Waals surface area (Å²) >= 11 is 0. The second-order valence-corrected chi connectivity index (χ2v) is 10.3. The number of carboxylic acids is 1. The molecule has 8 heteroatoms. The van der Waals surface area contributed by atoms with Gasteiger partial charge in [-0.05, 0) is 68.3 Å². The van der Waals surface area contributed by atoms with Crippen molar-refractivity contribution >= 4 is 33.1 Å². The molecule has 0 spiro atoms. The summed E-state index contributed by atoms with van der Waals surface area (Å²) in [7, 11) is -3.90. The molecule has 178 valence electrons. The molecule has 1 aliphatic heterocycles. The lowest BCUT2D eigenvalue weighted by atomic mass is 10.1. The number of hydrogen-bond acceptors (Lipinski definition) is 5. The Bertz CT molecular complexity index is 1310. The van der Waals surface area contributed by atoms with Gasteiger partial charge in [0.05, 0.1) is 16.1 Å². The van der Waals surface area contributed by atoms with E-state index in [0.717, 1.165) is 37.4 Å². The number of rotatable bonds is 6. The molecule has 0 bridgehead atoms. The summed E-state index contributed by atoms with van der Waals surface area (Å²) in [4.78, 5) is 16.5. The van der Waals surface area contributed by atoms with Crippen LogP contribution in [0, 0.1) is 20.8 Å². The third kappa shape index (κ3) is 4.87. The molecule has 0 atom stereocenters. The van der Waals surface area contributed by atoms with Crippen molar-refractivity contribution in [3.63, 3.8) is 0 Å². The molecule has 1 saturated heterocycles. The summed E-state index contributed by atoms with van der Waals surface area (Å²) in [6.45, 7) is 9.21. The molecule has 0 aliphatic carbocycles. The Kier molecular flexibility index (Phi) is 6.52. The summed E-state index contributed by atoms with van der Waals surface area (Å²) in [6.07, 6.45) is 0. The lowest BCUT2D eigenvalue weighted by Crippen LogP contribution is -2.46. The van der Waals surface area contributed by atoms with Crippen LogP contribution >= 0.6 is 0 Å². The molecule has 7 nitrogen and oxygen atoms in total. The first-order valence-corrected chi connectivity index (χ1v) is 12.7. The van der Waals surface area contributed by atoms with E-state index >= 15 is 0 Å². The van der Waals surface area contributed by atoms with Gasteiger partial charge in [0.2, 0.25) is 0 Å². The van der Waals surface area contributed by atoms with E-state index in [1.165, 1.54) is 35.0 Å². The molecule has 1 aliphatic rings. The maximum absolute atomic E-state index is 12.8. The molecule has 0 saturated carbocycles. The minimum Gasteiger partial charge on any atom is -0.478 e. The minimum absolute atomic E-state index is 0.0471. The fraction of sp³-hybridized carbons (Fsp3) is 0.269. The van der Waals surface area contributed by atoms with E-state index in [1.807, 2.05) is 6.92 Å². The SMILES string of the molecule is Cc1ccc(S(=O)(=O)Nc2ccc(N3CCN(c4cccc(C)c4C)CC3)cc2C(=O)O)cc1. The number of hydrogen-bond donors (Lipinski definition) is 2. The van der Waals surface area contributed by atoms with Crippen LogP contribution in [0.15, 0.2) is 65.6 Å². The highest BCUT2D eigenvalue weighted by molar-refractivity contribution is 7.92. The number of benzene rings is 3. The summed E-state index contributed by atoms with van der Waals surface area (Å²) in [5.41, 5.74) is 5.43. The van der Waals surface area contributed by atoms with Gasteiger partial charge < -0.3 is 14.9 Å². The topological polar surface area (TPSA) is 90.0 Å². The van der Waals surface area contributed by atoms with Crippen LogP contribution in [0.5, 0.6) is 0 Å². The number of aromatic carboxylic acids is 1. The number of nitrogens with zero attached hydrogens (tertiary/aromatic N) is 2. The van der Waals surface area contributed by atoms with Crippen LogP contribution in [0.1, 0.15) is 27.0 Å². The second-order valence-electron chi connectivity index (χ2n) is 8.65. The van der Waals surface area contributed by atoms with Crippen LogP contribution in [0.2, 0.25) is 0 Å². The van der Waals surface area contributed by atoms with Crippen molar-refractivity contribution in [1.82, 2.24) is 0 Å². The Labute approximate surface area is 200 Å². The molecule has 0 unspecified atom stereocenters. The summed E-state index contributed by atoms with van der Waals surface area (Å²) in [5, 5.41) is 9.78. The number of carboxylic acid groups (broad SMARTS) is 1. The molecular weight excluding hydrogens is 450 g/mol. The number of sulfonamides is 1. The molecule has 4 rings (SSSR count). The van der Waals surface area contributed by atoms with Crippen molar-refractivity contribution in [3.05, 3.63) is 82.9 Å². The van der Waals surface area contributed by atoms with Crippen molar-refractivity contribution in [2.24, 2.45) is 0 Å². The monoisotopic (exact) mass is 479 g/mol. The molecule has 0 aromatic heterocycles. The maximum atomic E-state index is 12.8. The van der Waals surface area contributed by atoms with Crippen LogP contribution in [-0.2, 0) is 10.0 Å². The quantitative estimate of drug-likeness (QED) is 0.543. The van der Waals surface area contributed by atoms with Crippen molar-refractivity contribution in [2.45, 2.75) is 25.7 Å². The summed E-state index contributed by atoms with van der Waals surface area (Å²) < 4.78 is 28.0. The molecule has 3 aromatic rings. The Morgan fingerprint density at radius 1 is 0.882 bits per heavy atom. The standard InChI is InChI=1S/C26H29N3O4S/c1-18-7-10-22(11-8-18)34(32,33)27-24-12-9-21(17-23(24)26(30)31)28-13-15-29(16-14-28)25-6-4-5-19(2)20(25)3/h4-12,17,27H,13-16H2,1-3H3,(H,30,31). The van der Waals surface area contributed by atoms with Crippen LogP contribution in [0.4, 0.5) is 17.1 Å². The number of aryl methyl sites for hydroxylation is 2. The molecule has 2 N–H and O–H groups in total. The average molecular weight is 480 g/mol. The highest BCUT2D eigenvalue weighted by atomic mass is 32.2. The van der Waals surface area contributed by atoms with Gasteiger partial charge in [0.1, 0.15) is 0 Å². The van der Waals surface area contributed by atoms with E-state index < -0.39 is 16.0 Å². The van der Waals surface area contributed by atoms with Crippen LogP contribution in [0.25, 0.3) is 0 Å². The predicted octanol–water partition coefficient (Wildman–Crippen LogP) is 4.44. The van der Waals surface area contributed by atoms with Crippen molar-refractivity contribution in [3.8, 4) is 0 Å². The smallest absolute Gasteiger partial charge is 0.337 e. The van der Waals surface area contributed by atoms with E-state index in [1.54, 1.807) is 24.3 Å². The van der Waals surface area contributed by atoms with Gasteiger partial charge in [-0.15, -0.1) is 0 Å². The second kappa shape index (κ2) is 9.38. The highest BCUT2D eigenvalue weighted by Crippen LogP contribution is 2.29. The van der Waals surface area contributed by atoms with Gasteiger partial charge in [-0.3, -0.25) is 4.72 Å². The lowest BCUT2D eigenvalue weighted by molar-refractivity contribution is 0.0698. The Morgan fingerprint density at radius 3 is 2.18 bits per heavy atom. The van der Waals surface area contributed by atoms with Gasteiger partial charge in [0, 0.05) is 37.6 Å². The third-order valence-electron chi connectivity index (χ3n) is 6.37. The zero-order valence-corrected chi connectivity index (χ0v) is 20.4. The Morgan fingerprint density at radius 2 is 1.53 bits per heavy atom. The van der Waals surface area contributed by atoms with E-state index in [4.69, 9.17) is 0 Å². The van der Waals surface area contributed by atoms with E-state index in [0.29, 0.717) is 0 Å². The fourth-order valence-electron chi connectivity index (χ4n) is 4.20. The number of carbonyl (C=O) groups is 1. The highest BCUT2D eigenvalue weighted by Gasteiger charge is 2.23. The molecule has 3 aromatic carbocycles. The van der Waals surface area contributed by atoms with Gasteiger partial charge >= 0.3 is 5.97 Å². The molecule has 1 heterocycles. The minimum atomic E-state index is -3.90. The summed E-state index contributed by atoms with van der Waals surface area (Å²) in [6, 6.07) is 17.6. The van der Waals surface area contributed by atoms with E-state index in [9.17, 15) is 18.3 Å². The van der Waals surface area contributed by atoms with Crippen molar-refractivity contribution in [2.75, 3.05) is 40.7 Å². The zero-order chi connectivity index (χ0) is 24.5. The van der Waals surface area contributed by atoms with Gasteiger partial charge in [-0.1, -0.05) is 29.8 Å². The Balaban J connectivity index is 1.52. The van der Waals surface area contributed by atoms with Crippen molar-refractivity contribution in [1.29, 1.82) is 0 Å². The lowest BCUT2D eigenvalue weighted by Gasteiger charge is -2.38. The largest absolute Gasteiger partial charge is 0.478 e. The van der Waals surface area contributed by atoms with Crippen LogP contribution in [0.3, 0.4) is 0 Å². The van der Waals surface area contributed by atoms with Gasteiger partial charge in [0.15, 0.2) is 0 Å². The predicted molar refractivity (Wildman–Crippen MR) is 136 cm³/mol. The maximum Gasteiger partial charge on any atom is 0.337 e. The van der Waals surface area contributed by atoms with E-state index in [-0.39, 0.29) is 16.1 Å². The van der Waals surface area contributed by atoms with Crippen LogP contribution in [-0.4, -0.2) is 45.7 Å². The molecule has 0 amide bonds. The first-order valence-electron chi connectivity index (χ1n) is 11.2.